The zero-order chi connectivity index (χ0) is 12.2. The number of methoxy groups -OCH3 is 1. The van der Waals surface area contributed by atoms with E-state index in [4.69, 9.17) is 4.74 Å². The van der Waals surface area contributed by atoms with Crippen LogP contribution in [0.5, 0.6) is 0 Å². The fourth-order valence-electron chi connectivity index (χ4n) is 2.26. The molecule has 1 saturated carbocycles. The van der Waals surface area contributed by atoms with Crippen LogP contribution < -0.4 is 5.32 Å². The Balaban J connectivity index is 2.41. The summed E-state index contributed by atoms with van der Waals surface area (Å²) in [5, 5.41) is 12.6. The third kappa shape index (κ3) is 3.19. The van der Waals surface area contributed by atoms with Crippen molar-refractivity contribution in [2.24, 2.45) is 11.3 Å². The maximum Gasteiger partial charge on any atom is 0.312 e. The molecule has 0 aromatic rings. The monoisotopic (exact) mass is 229 g/mol. The minimum atomic E-state index is -0.503. The van der Waals surface area contributed by atoms with Gasteiger partial charge in [-0.25, -0.2) is 0 Å². The summed E-state index contributed by atoms with van der Waals surface area (Å²) >= 11 is 0. The number of ether oxygens (including phenoxy) is 1. The number of esters is 1. The van der Waals surface area contributed by atoms with E-state index in [0.29, 0.717) is 18.5 Å². The maximum absolute atomic E-state index is 11.5. The molecule has 2 N–H and O–H groups in total. The fourth-order valence-corrected chi connectivity index (χ4v) is 2.26. The van der Waals surface area contributed by atoms with Gasteiger partial charge in [-0.1, -0.05) is 6.42 Å². The molecule has 0 amide bonds. The lowest BCUT2D eigenvalue weighted by Gasteiger charge is -2.26. The lowest BCUT2D eigenvalue weighted by atomic mass is 9.92. The number of aliphatic hydroxyl groups is 1. The SMILES string of the molecule is COC(=O)C(C)(C)CNC1CCCC1CO. The largest absolute Gasteiger partial charge is 0.469 e. The van der Waals surface area contributed by atoms with Crippen LogP contribution in [-0.4, -0.2) is 37.4 Å². The molecule has 1 rings (SSSR count). The topological polar surface area (TPSA) is 58.6 Å². The van der Waals surface area contributed by atoms with Crippen molar-refractivity contribution in [3.8, 4) is 0 Å². The molecule has 0 aromatic carbocycles. The van der Waals surface area contributed by atoms with Crippen molar-refractivity contribution < 1.29 is 14.6 Å². The van der Waals surface area contributed by atoms with Crippen molar-refractivity contribution in [3.05, 3.63) is 0 Å². The lowest BCUT2D eigenvalue weighted by molar-refractivity contribution is -0.150. The van der Waals surface area contributed by atoms with Gasteiger partial charge in [0.25, 0.3) is 0 Å². The van der Waals surface area contributed by atoms with Crippen molar-refractivity contribution in [1.82, 2.24) is 5.32 Å². The number of hydrogen-bond acceptors (Lipinski definition) is 4. The molecule has 16 heavy (non-hydrogen) atoms. The molecule has 0 spiro atoms. The summed E-state index contributed by atoms with van der Waals surface area (Å²) in [7, 11) is 1.41. The molecule has 0 aromatic heterocycles. The van der Waals surface area contributed by atoms with Crippen molar-refractivity contribution in [2.45, 2.75) is 39.2 Å². The Hall–Kier alpha value is -0.610. The zero-order valence-corrected chi connectivity index (χ0v) is 10.5. The normalized spacial score (nSPS) is 25.8. The highest BCUT2D eigenvalue weighted by molar-refractivity contribution is 5.76. The first kappa shape index (κ1) is 13.5. The molecule has 0 aliphatic heterocycles. The minimum absolute atomic E-state index is 0.196. The van der Waals surface area contributed by atoms with E-state index in [-0.39, 0.29) is 12.6 Å². The number of rotatable bonds is 5. The Bertz CT molecular complexity index is 240. The summed E-state index contributed by atoms with van der Waals surface area (Å²) in [6.07, 6.45) is 3.32. The van der Waals surface area contributed by atoms with Gasteiger partial charge in [-0.05, 0) is 32.6 Å². The van der Waals surface area contributed by atoms with E-state index >= 15 is 0 Å². The van der Waals surface area contributed by atoms with Crippen molar-refractivity contribution in [3.63, 3.8) is 0 Å². The second-order valence-corrected chi connectivity index (χ2v) is 5.24. The fraction of sp³-hybridized carbons (Fsp3) is 0.917. The van der Waals surface area contributed by atoms with E-state index in [1.165, 1.54) is 7.11 Å². The van der Waals surface area contributed by atoms with E-state index in [9.17, 15) is 9.90 Å². The number of carbonyl (C=O) groups is 1. The van der Waals surface area contributed by atoms with E-state index in [1.807, 2.05) is 13.8 Å². The number of hydrogen-bond donors (Lipinski definition) is 2. The van der Waals surface area contributed by atoms with Gasteiger partial charge in [0.15, 0.2) is 0 Å². The summed E-state index contributed by atoms with van der Waals surface area (Å²) in [4.78, 5) is 11.5. The van der Waals surface area contributed by atoms with Gasteiger partial charge >= 0.3 is 5.97 Å². The first-order chi connectivity index (χ1) is 7.51. The summed E-state index contributed by atoms with van der Waals surface area (Å²) in [5.41, 5.74) is -0.503. The molecule has 4 heteroatoms. The highest BCUT2D eigenvalue weighted by Gasteiger charge is 2.32. The molecule has 2 atom stereocenters. The van der Waals surface area contributed by atoms with Crippen molar-refractivity contribution >= 4 is 5.97 Å². The number of carbonyl (C=O) groups excluding carboxylic acids is 1. The van der Waals surface area contributed by atoms with Gasteiger partial charge in [-0.2, -0.15) is 0 Å². The van der Waals surface area contributed by atoms with Crippen molar-refractivity contribution in [2.75, 3.05) is 20.3 Å². The van der Waals surface area contributed by atoms with Gasteiger partial charge in [-0.3, -0.25) is 4.79 Å². The van der Waals surface area contributed by atoms with E-state index in [2.05, 4.69) is 5.32 Å². The van der Waals surface area contributed by atoms with Crippen molar-refractivity contribution in [1.29, 1.82) is 0 Å². The van der Waals surface area contributed by atoms with Gasteiger partial charge in [0.05, 0.1) is 12.5 Å². The van der Waals surface area contributed by atoms with Crippen LogP contribution in [0.3, 0.4) is 0 Å². The molecule has 1 aliphatic carbocycles. The summed E-state index contributed by atoms with van der Waals surface area (Å²) in [6.45, 7) is 4.57. The third-order valence-corrected chi connectivity index (χ3v) is 3.44. The molecule has 94 valence electrons. The van der Waals surface area contributed by atoms with Crippen LogP contribution in [0, 0.1) is 11.3 Å². The molecule has 0 heterocycles. The number of nitrogens with one attached hydrogen (secondary N) is 1. The minimum Gasteiger partial charge on any atom is -0.469 e. The molecule has 0 radical (unpaired) electrons. The van der Waals surface area contributed by atoms with Crippen LogP contribution in [0.1, 0.15) is 33.1 Å². The third-order valence-electron chi connectivity index (χ3n) is 3.44. The molecule has 0 saturated heterocycles. The lowest BCUT2D eigenvalue weighted by Crippen LogP contribution is -2.43. The second-order valence-electron chi connectivity index (χ2n) is 5.24. The average Bonchev–Trinajstić information content (AvgIpc) is 2.72. The standard InChI is InChI=1S/C12H23NO3/c1-12(2,11(15)16-3)8-13-10-6-4-5-9(10)7-14/h9-10,13-14H,4-8H2,1-3H3. The van der Waals surface area contributed by atoms with Gasteiger partial charge in [-0.15, -0.1) is 0 Å². The van der Waals surface area contributed by atoms with Gasteiger partial charge in [0.2, 0.25) is 0 Å². The first-order valence-corrected chi connectivity index (χ1v) is 5.94. The van der Waals surface area contributed by atoms with Crippen LogP contribution >= 0.6 is 0 Å². The summed E-state index contributed by atoms with van der Waals surface area (Å²) in [5.74, 6) is 0.145. The Morgan fingerprint density at radius 3 is 2.75 bits per heavy atom. The Kier molecular flexibility index (Phi) is 4.74. The van der Waals surface area contributed by atoms with Crippen LogP contribution in [0.4, 0.5) is 0 Å². The number of aliphatic hydroxyl groups excluding tert-OH is 1. The average molecular weight is 229 g/mol. The zero-order valence-electron chi connectivity index (χ0n) is 10.5. The van der Waals surface area contributed by atoms with E-state index < -0.39 is 5.41 Å². The Labute approximate surface area is 97.4 Å². The highest BCUT2D eigenvalue weighted by Crippen LogP contribution is 2.26. The maximum atomic E-state index is 11.5. The molecular formula is C12H23NO3. The first-order valence-electron chi connectivity index (χ1n) is 5.94. The molecule has 1 aliphatic rings. The van der Waals surface area contributed by atoms with Gasteiger partial charge in [0, 0.05) is 19.2 Å². The van der Waals surface area contributed by atoms with Gasteiger partial charge in [0.1, 0.15) is 0 Å². The van der Waals surface area contributed by atoms with Crippen LogP contribution in [-0.2, 0) is 9.53 Å². The van der Waals surface area contributed by atoms with Gasteiger partial charge < -0.3 is 15.2 Å². The van der Waals surface area contributed by atoms with Crippen LogP contribution in [0.15, 0.2) is 0 Å². The van der Waals surface area contributed by atoms with E-state index in [0.717, 1.165) is 19.3 Å². The predicted molar refractivity (Wildman–Crippen MR) is 62.0 cm³/mol. The highest BCUT2D eigenvalue weighted by atomic mass is 16.5. The van der Waals surface area contributed by atoms with Crippen LogP contribution in [0.2, 0.25) is 0 Å². The Morgan fingerprint density at radius 2 is 2.19 bits per heavy atom. The molecule has 4 nitrogen and oxygen atoms in total. The summed E-state index contributed by atoms with van der Waals surface area (Å²) < 4.78 is 4.76. The van der Waals surface area contributed by atoms with E-state index in [1.54, 1.807) is 0 Å². The smallest absolute Gasteiger partial charge is 0.312 e. The molecule has 2 unspecified atom stereocenters. The molecular weight excluding hydrogens is 206 g/mol. The van der Waals surface area contributed by atoms with Crippen LogP contribution in [0.25, 0.3) is 0 Å². The predicted octanol–water partition coefficient (Wildman–Crippen LogP) is 0.936. The Morgan fingerprint density at radius 1 is 1.50 bits per heavy atom. The molecule has 0 bridgehead atoms. The summed E-state index contributed by atoms with van der Waals surface area (Å²) in [6, 6.07) is 0.342. The molecule has 1 fully saturated rings. The quantitative estimate of drug-likeness (QED) is 0.689. The second kappa shape index (κ2) is 5.64.